The highest BCUT2D eigenvalue weighted by molar-refractivity contribution is 5.94. The van der Waals surface area contributed by atoms with Crippen LogP contribution in [-0.4, -0.2) is 12.5 Å². The van der Waals surface area contributed by atoms with Crippen LogP contribution < -0.4 is 10.6 Å². The van der Waals surface area contributed by atoms with Gasteiger partial charge in [-0.3, -0.25) is 4.99 Å². The molecule has 0 spiro atoms. The van der Waals surface area contributed by atoms with Crippen molar-refractivity contribution in [3.8, 4) is 0 Å². The van der Waals surface area contributed by atoms with Gasteiger partial charge in [0.25, 0.3) is 0 Å². The number of hydrogen-bond donors (Lipinski definition) is 1. The van der Waals surface area contributed by atoms with Crippen LogP contribution in [0.4, 0.5) is 5.69 Å². The summed E-state index contributed by atoms with van der Waals surface area (Å²) in [6.45, 7) is 3.39. The van der Waals surface area contributed by atoms with Crippen LogP contribution in [-0.2, 0) is 6.54 Å². The molecule has 2 rings (SSSR count). The fourth-order valence-corrected chi connectivity index (χ4v) is 1.93. The summed E-state index contributed by atoms with van der Waals surface area (Å²) < 4.78 is 0. The highest BCUT2D eigenvalue weighted by Gasteiger charge is 2.10. The van der Waals surface area contributed by atoms with Crippen LogP contribution in [0.1, 0.15) is 12.5 Å². The van der Waals surface area contributed by atoms with Gasteiger partial charge in [0.2, 0.25) is 0 Å². The maximum Gasteiger partial charge on any atom is 0.196 e. The lowest BCUT2D eigenvalue weighted by Crippen LogP contribution is -2.37. The predicted molar refractivity (Wildman–Crippen MR) is 81.2 cm³/mol. The van der Waals surface area contributed by atoms with E-state index in [9.17, 15) is 0 Å². The summed E-state index contributed by atoms with van der Waals surface area (Å²) in [6, 6.07) is 20.4. The second-order valence-corrected chi connectivity index (χ2v) is 4.24. The largest absolute Gasteiger partial charge is 0.370 e. The standard InChI is InChI=1S/C16H19N3/c1-2-18-16(17)19(15-11-7-4-8-12-15)13-14-9-5-3-6-10-14/h3-12H,2,13H2,1H3,(H2,17,18). The number of nitrogens with two attached hydrogens (primary N) is 1. The first-order valence-electron chi connectivity index (χ1n) is 6.47. The Morgan fingerprint density at radius 1 is 1.00 bits per heavy atom. The number of rotatable bonds is 4. The van der Waals surface area contributed by atoms with Crippen molar-refractivity contribution in [2.45, 2.75) is 13.5 Å². The summed E-state index contributed by atoms with van der Waals surface area (Å²) in [4.78, 5) is 6.34. The third-order valence-corrected chi connectivity index (χ3v) is 2.85. The molecular weight excluding hydrogens is 234 g/mol. The van der Waals surface area contributed by atoms with Crippen molar-refractivity contribution >= 4 is 11.6 Å². The molecular formula is C16H19N3. The molecule has 0 heterocycles. The van der Waals surface area contributed by atoms with E-state index in [4.69, 9.17) is 5.73 Å². The van der Waals surface area contributed by atoms with E-state index < -0.39 is 0 Å². The van der Waals surface area contributed by atoms with E-state index in [1.165, 1.54) is 5.56 Å². The number of nitrogens with zero attached hydrogens (tertiary/aromatic N) is 2. The van der Waals surface area contributed by atoms with E-state index in [-0.39, 0.29) is 0 Å². The Kier molecular flexibility index (Phi) is 4.56. The van der Waals surface area contributed by atoms with Gasteiger partial charge in [0.15, 0.2) is 5.96 Å². The average molecular weight is 253 g/mol. The van der Waals surface area contributed by atoms with Crippen molar-refractivity contribution < 1.29 is 0 Å². The Balaban J connectivity index is 2.28. The van der Waals surface area contributed by atoms with Gasteiger partial charge in [-0.2, -0.15) is 0 Å². The summed E-state index contributed by atoms with van der Waals surface area (Å²) in [7, 11) is 0. The van der Waals surface area contributed by atoms with Crippen molar-refractivity contribution in [3.63, 3.8) is 0 Å². The van der Waals surface area contributed by atoms with Crippen molar-refractivity contribution in [3.05, 3.63) is 66.2 Å². The highest BCUT2D eigenvalue weighted by atomic mass is 15.3. The summed E-state index contributed by atoms with van der Waals surface area (Å²) in [5.74, 6) is 0.553. The van der Waals surface area contributed by atoms with E-state index in [1.807, 2.05) is 60.4 Å². The van der Waals surface area contributed by atoms with Crippen molar-refractivity contribution in [1.82, 2.24) is 0 Å². The monoisotopic (exact) mass is 253 g/mol. The number of anilines is 1. The number of hydrogen-bond acceptors (Lipinski definition) is 1. The number of aliphatic imine (C=N–C) groups is 1. The van der Waals surface area contributed by atoms with Gasteiger partial charge in [-0.1, -0.05) is 48.5 Å². The molecule has 98 valence electrons. The second-order valence-electron chi connectivity index (χ2n) is 4.24. The lowest BCUT2D eigenvalue weighted by Gasteiger charge is -2.23. The Bertz CT molecular complexity index is 520. The molecule has 2 aromatic carbocycles. The van der Waals surface area contributed by atoms with Crippen LogP contribution in [0.15, 0.2) is 65.7 Å². The van der Waals surface area contributed by atoms with Gasteiger partial charge in [-0.05, 0) is 24.6 Å². The minimum absolute atomic E-state index is 0.553. The zero-order valence-corrected chi connectivity index (χ0v) is 11.2. The molecule has 2 aromatic rings. The Morgan fingerprint density at radius 3 is 2.16 bits per heavy atom. The summed E-state index contributed by atoms with van der Waals surface area (Å²) in [5, 5.41) is 0. The van der Waals surface area contributed by atoms with Gasteiger partial charge in [0.1, 0.15) is 0 Å². The van der Waals surface area contributed by atoms with Crippen LogP contribution in [0.2, 0.25) is 0 Å². The second kappa shape index (κ2) is 6.59. The molecule has 0 fully saturated rings. The summed E-state index contributed by atoms with van der Waals surface area (Å²) >= 11 is 0. The predicted octanol–water partition coefficient (Wildman–Crippen LogP) is 3.03. The molecule has 0 bridgehead atoms. The third-order valence-electron chi connectivity index (χ3n) is 2.85. The zero-order chi connectivity index (χ0) is 13.5. The first-order chi connectivity index (χ1) is 9.31. The Labute approximate surface area is 114 Å². The van der Waals surface area contributed by atoms with Crippen LogP contribution in [0.3, 0.4) is 0 Å². The lowest BCUT2D eigenvalue weighted by molar-refractivity contribution is 0.972. The molecule has 0 aliphatic carbocycles. The molecule has 0 amide bonds. The van der Waals surface area contributed by atoms with Gasteiger partial charge in [0, 0.05) is 12.2 Å². The molecule has 0 aliphatic rings. The minimum atomic E-state index is 0.553. The van der Waals surface area contributed by atoms with E-state index in [0.717, 1.165) is 12.2 Å². The quantitative estimate of drug-likeness (QED) is 0.672. The number of benzene rings is 2. The Hall–Kier alpha value is -2.29. The van der Waals surface area contributed by atoms with Gasteiger partial charge >= 0.3 is 0 Å². The fraction of sp³-hybridized carbons (Fsp3) is 0.188. The van der Waals surface area contributed by atoms with Crippen molar-refractivity contribution in [1.29, 1.82) is 0 Å². The molecule has 0 atom stereocenters. The van der Waals surface area contributed by atoms with Crippen molar-refractivity contribution in [2.24, 2.45) is 10.7 Å². The summed E-state index contributed by atoms with van der Waals surface area (Å²) in [5.41, 5.74) is 8.35. The SMILES string of the molecule is CCN=C(N)N(Cc1ccccc1)c1ccccc1. The lowest BCUT2D eigenvalue weighted by atomic mass is 10.2. The van der Waals surface area contributed by atoms with Crippen LogP contribution in [0, 0.1) is 0 Å². The van der Waals surface area contributed by atoms with Crippen LogP contribution >= 0.6 is 0 Å². The van der Waals surface area contributed by atoms with Crippen LogP contribution in [0.25, 0.3) is 0 Å². The molecule has 0 unspecified atom stereocenters. The first kappa shape index (κ1) is 13.1. The molecule has 0 saturated heterocycles. The van der Waals surface area contributed by atoms with Gasteiger partial charge in [-0.25, -0.2) is 0 Å². The number of guanidine groups is 1. The minimum Gasteiger partial charge on any atom is -0.370 e. The molecule has 0 radical (unpaired) electrons. The van der Waals surface area contributed by atoms with Crippen molar-refractivity contribution in [2.75, 3.05) is 11.4 Å². The first-order valence-corrected chi connectivity index (χ1v) is 6.47. The maximum atomic E-state index is 6.08. The van der Waals surface area contributed by atoms with E-state index in [0.29, 0.717) is 12.5 Å². The summed E-state index contributed by atoms with van der Waals surface area (Å²) in [6.07, 6.45) is 0. The maximum absolute atomic E-state index is 6.08. The van der Waals surface area contributed by atoms with Gasteiger partial charge in [-0.15, -0.1) is 0 Å². The smallest absolute Gasteiger partial charge is 0.196 e. The van der Waals surface area contributed by atoms with E-state index in [1.54, 1.807) is 0 Å². The van der Waals surface area contributed by atoms with E-state index >= 15 is 0 Å². The average Bonchev–Trinajstić information content (AvgIpc) is 2.47. The molecule has 2 N–H and O–H groups in total. The van der Waals surface area contributed by atoms with Crippen LogP contribution in [0.5, 0.6) is 0 Å². The normalized spacial score (nSPS) is 11.3. The molecule has 19 heavy (non-hydrogen) atoms. The molecule has 0 aromatic heterocycles. The fourth-order valence-electron chi connectivity index (χ4n) is 1.93. The Morgan fingerprint density at radius 2 is 1.58 bits per heavy atom. The topological polar surface area (TPSA) is 41.6 Å². The number of para-hydroxylation sites is 1. The highest BCUT2D eigenvalue weighted by Crippen LogP contribution is 2.16. The zero-order valence-electron chi connectivity index (χ0n) is 11.2. The van der Waals surface area contributed by atoms with E-state index in [2.05, 4.69) is 17.1 Å². The third kappa shape index (κ3) is 3.58. The van der Waals surface area contributed by atoms with Gasteiger partial charge < -0.3 is 10.6 Å². The molecule has 0 saturated carbocycles. The molecule has 3 heteroatoms. The molecule has 3 nitrogen and oxygen atoms in total. The molecule has 0 aliphatic heterocycles. The van der Waals surface area contributed by atoms with Gasteiger partial charge in [0.05, 0.1) is 6.54 Å².